The number of nitrogens with zero attached hydrogens (tertiary/aromatic N) is 2. The van der Waals surface area contributed by atoms with Crippen molar-refractivity contribution >= 4 is 47.1 Å². The summed E-state index contributed by atoms with van der Waals surface area (Å²) in [5.74, 6) is 1.85. The number of methoxy groups -OCH3 is 2. The van der Waals surface area contributed by atoms with E-state index >= 15 is 0 Å². The van der Waals surface area contributed by atoms with Gasteiger partial charge in [0.25, 0.3) is 0 Å². The quantitative estimate of drug-likeness (QED) is 0.166. The number of nitrogens with two attached hydrogens (primary N) is 2. The lowest BCUT2D eigenvalue weighted by Gasteiger charge is -2.20. The number of allylic oxidation sites excluding steroid dienone is 2. The zero-order valence-electron chi connectivity index (χ0n) is 29.3. The summed E-state index contributed by atoms with van der Waals surface area (Å²) in [5, 5.41) is 17.4. The molecular weight excluding hydrogens is 621 g/mol. The predicted octanol–water partition coefficient (Wildman–Crippen LogP) is 0.831. The van der Waals surface area contributed by atoms with Crippen LogP contribution in [0.15, 0.2) is 84.6 Å². The molecule has 0 spiro atoms. The lowest BCUT2D eigenvalue weighted by atomic mass is 9.99. The molecule has 0 saturated carbocycles. The molecule has 50 heavy (non-hydrogen) atoms. The first-order valence-electron chi connectivity index (χ1n) is 18.3. The molecule has 8 heteroatoms. The maximum Gasteiger partial charge on any atom is 0.138 e. The van der Waals surface area contributed by atoms with Crippen LogP contribution in [0.3, 0.4) is 0 Å². The third-order valence-corrected chi connectivity index (χ3v) is 10.7. The second kappa shape index (κ2) is 14.7. The molecule has 0 bridgehead atoms. The Labute approximate surface area is 294 Å². The normalized spacial score (nSPS) is 20.3. The van der Waals surface area contributed by atoms with Crippen LogP contribution in [-0.2, 0) is 9.47 Å². The summed E-state index contributed by atoms with van der Waals surface area (Å²) in [7, 11) is 3.49. The first-order chi connectivity index (χ1) is 24.7. The SMILES string of the molecule is COC1=CC2=c3c(ccc4c3=CN(CCNCCCCCCNCCN3C=Cc5ccc6c(c5=C3)=C3C=C(OC)C=CC3[NH2+]6)C=C4)[NH2+]C2C=C1. The molecule has 258 valence electrons. The Morgan fingerprint density at radius 1 is 0.600 bits per heavy atom. The third kappa shape index (κ3) is 6.64. The van der Waals surface area contributed by atoms with E-state index in [1.165, 1.54) is 80.2 Å². The highest BCUT2D eigenvalue weighted by Crippen LogP contribution is 2.21. The van der Waals surface area contributed by atoms with Crippen molar-refractivity contribution in [3.8, 4) is 0 Å². The fraction of sp³-hybridized carbons (Fsp3) is 0.333. The van der Waals surface area contributed by atoms with E-state index in [2.05, 4.69) is 129 Å². The van der Waals surface area contributed by atoms with Crippen LogP contribution in [0.25, 0.3) is 35.7 Å². The van der Waals surface area contributed by atoms with Gasteiger partial charge in [0.15, 0.2) is 0 Å². The number of nitrogens with one attached hydrogen (secondary N) is 2. The molecule has 0 aromatic heterocycles. The molecule has 6 N–H and O–H groups in total. The number of fused-ring (bicyclic) bond motifs is 8. The molecule has 8 nitrogen and oxygen atoms in total. The van der Waals surface area contributed by atoms with Crippen molar-refractivity contribution in [2.45, 2.75) is 37.8 Å². The van der Waals surface area contributed by atoms with Gasteiger partial charge in [-0.15, -0.1) is 0 Å². The van der Waals surface area contributed by atoms with Crippen LogP contribution in [0.4, 0.5) is 11.4 Å². The molecule has 2 aromatic carbocycles. The topological polar surface area (TPSA) is 82.2 Å². The molecule has 2 atom stereocenters. The fourth-order valence-corrected chi connectivity index (χ4v) is 7.97. The number of unbranched alkanes of at least 4 members (excludes halogenated alkanes) is 3. The predicted molar refractivity (Wildman–Crippen MR) is 202 cm³/mol. The van der Waals surface area contributed by atoms with Crippen molar-refractivity contribution in [1.29, 1.82) is 0 Å². The summed E-state index contributed by atoms with van der Waals surface area (Å²) in [5.41, 5.74) is 7.90. The van der Waals surface area contributed by atoms with E-state index in [4.69, 9.17) is 9.47 Å². The molecule has 0 radical (unpaired) electrons. The van der Waals surface area contributed by atoms with E-state index < -0.39 is 0 Å². The van der Waals surface area contributed by atoms with Crippen LogP contribution in [0, 0.1) is 0 Å². The zero-order chi connectivity index (χ0) is 33.9. The van der Waals surface area contributed by atoms with E-state index in [0.717, 1.165) is 50.8 Å². The van der Waals surface area contributed by atoms with Crippen LogP contribution in [0.1, 0.15) is 36.8 Å². The van der Waals surface area contributed by atoms with Crippen LogP contribution in [0.5, 0.6) is 0 Å². The number of rotatable bonds is 15. The highest BCUT2D eigenvalue weighted by Gasteiger charge is 2.30. The van der Waals surface area contributed by atoms with Gasteiger partial charge in [-0.05, 0) is 97.8 Å². The van der Waals surface area contributed by atoms with Gasteiger partial charge in [-0.25, -0.2) is 0 Å². The second-order valence-corrected chi connectivity index (χ2v) is 13.9. The summed E-state index contributed by atoms with van der Waals surface area (Å²) in [4.78, 5) is 4.65. The van der Waals surface area contributed by atoms with Gasteiger partial charge >= 0.3 is 0 Å². The standard InChI is InChI=1S/C42H48N6O2/c1-49-31-9-13-37-33(25-31)41-35-27-47(21-15-29(35)7-11-39(41)45-37)23-19-43-17-5-3-4-6-18-44-20-24-48-22-16-30-8-12-40-42(36(30)28-48)34-26-32(50-2)10-14-38(34)46-40/h7-16,21-22,25-28,37-38,43-46H,3-6,17-20,23-24H2,1-2H3/p+2. The van der Waals surface area contributed by atoms with Gasteiger partial charge < -0.3 is 40.5 Å². The zero-order valence-corrected chi connectivity index (χ0v) is 29.3. The van der Waals surface area contributed by atoms with Gasteiger partial charge in [0.05, 0.1) is 24.7 Å². The van der Waals surface area contributed by atoms with Crippen molar-refractivity contribution in [2.24, 2.45) is 0 Å². The Balaban J connectivity index is 0.739. The Morgan fingerprint density at radius 3 is 1.54 bits per heavy atom. The smallest absolute Gasteiger partial charge is 0.138 e. The van der Waals surface area contributed by atoms with Crippen molar-refractivity contribution in [1.82, 2.24) is 20.4 Å². The molecule has 2 aliphatic carbocycles. The Bertz CT molecular complexity index is 1940. The van der Waals surface area contributed by atoms with E-state index in [0.29, 0.717) is 12.1 Å². The number of hydrogen-bond donors (Lipinski definition) is 4. The molecule has 4 heterocycles. The summed E-state index contributed by atoms with van der Waals surface area (Å²) in [6.07, 6.45) is 31.6. The van der Waals surface area contributed by atoms with E-state index in [1.54, 1.807) is 14.2 Å². The Morgan fingerprint density at radius 2 is 1.08 bits per heavy atom. The first kappa shape index (κ1) is 32.6. The van der Waals surface area contributed by atoms with Gasteiger partial charge in [-0.1, -0.05) is 12.8 Å². The molecular formula is C42H50N6O2+2. The summed E-state index contributed by atoms with van der Waals surface area (Å²) < 4.78 is 11.1. The molecule has 6 aliphatic rings. The summed E-state index contributed by atoms with van der Waals surface area (Å²) >= 11 is 0. The molecule has 8 rings (SSSR count). The van der Waals surface area contributed by atoms with Crippen molar-refractivity contribution in [3.05, 3.63) is 117 Å². The average molecular weight is 671 g/mol. The number of benzene rings is 2. The van der Waals surface area contributed by atoms with E-state index in [-0.39, 0.29) is 0 Å². The Kier molecular flexibility index (Phi) is 9.59. The van der Waals surface area contributed by atoms with Gasteiger partial charge in [0, 0.05) is 84.7 Å². The molecule has 4 aliphatic heterocycles. The van der Waals surface area contributed by atoms with E-state index in [9.17, 15) is 0 Å². The highest BCUT2D eigenvalue weighted by atomic mass is 16.5. The van der Waals surface area contributed by atoms with Gasteiger partial charge in [0.1, 0.15) is 35.0 Å². The minimum atomic E-state index is 0.334. The van der Waals surface area contributed by atoms with Crippen molar-refractivity contribution < 1.29 is 20.1 Å². The first-order valence-corrected chi connectivity index (χ1v) is 18.3. The minimum absolute atomic E-state index is 0.334. The molecule has 2 unspecified atom stereocenters. The maximum atomic E-state index is 5.54. The fourth-order valence-electron chi connectivity index (χ4n) is 7.97. The second-order valence-electron chi connectivity index (χ2n) is 13.9. The maximum absolute atomic E-state index is 5.54. The van der Waals surface area contributed by atoms with Crippen LogP contribution in [-0.4, -0.2) is 75.4 Å². The Hall–Kier alpha value is -4.60. The van der Waals surface area contributed by atoms with Crippen molar-refractivity contribution in [3.63, 3.8) is 0 Å². The summed E-state index contributed by atoms with van der Waals surface area (Å²) in [6.45, 7) is 6.02. The molecule has 0 amide bonds. The van der Waals surface area contributed by atoms with Crippen molar-refractivity contribution in [2.75, 3.05) is 53.5 Å². The number of ether oxygens (including phenoxy) is 2. The number of hydrogen-bond acceptors (Lipinski definition) is 6. The largest absolute Gasteiger partial charge is 0.497 e. The lowest BCUT2D eigenvalue weighted by Crippen LogP contribution is -2.82. The average Bonchev–Trinajstić information content (AvgIpc) is 3.73. The molecule has 2 aromatic rings. The minimum Gasteiger partial charge on any atom is -0.497 e. The van der Waals surface area contributed by atoms with Crippen LogP contribution in [0.2, 0.25) is 0 Å². The van der Waals surface area contributed by atoms with Crippen LogP contribution >= 0.6 is 0 Å². The van der Waals surface area contributed by atoms with Gasteiger partial charge in [-0.3, -0.25) is 0 Å². The summed E-state index contributed by atoms with van der Waals surface area (Å²) in [6, 6.07) is 9.67. The van der Waals surface area contributed by atoms with Gasteiger partial charge in [-0.2, -0.15) is 0 Å². The number of quaternary nitrogens is 2. The molecule has 0 fully saturated rings. The highest BCUT2D eigenvalue weighted by molar-refractivity contribution is 5.75. The van der Waals surface area contributed by atoms with E-state index in [1.807, 2.05) is 0 Å². The monoisotopic (exact) mass is 670 g/mol. The van der Waals surface area contributed by atoms with Crippen LogP contribution < -0.4 is 42.1 Å². The lowest BCUT2D eigenvalue weighted by molar-refractivity contribution is -0.581. The third-order valence-electron chi connectivity index (χ3n) is 10.7. The van der Waals surface area contributed by atoms with Gasteiger partial charge in [0.2, 0.25) is 0 Å². The molecule has 0 saturated heterocycles.